The summed E-state index contributed by atoms with van der Waals surface area (Å²) < 4.78 is 4.86. The molecule has 0 saturated carbocycles. The third kappa shape index (κ3) is 8.59. The van der Waals surface area contributed by atoms with Crippen LogP contribution in [0.25, 0.3) is 0 Å². The Kier molecular flexibility index (Phi) is 9.21. The average Bonchev–Trinajstić information content (AvgIpc) is 2.34. The van der Waals surface area contributed by atoms with Gasteiger partial charge in [-0.1, -0.05) is 13.8 Å². The molecule has 1 atom stereocenters. The van der Waals surface area contributed by atoms with Crippen LogP contribution < -0.4 is 5.32 Å². The standard InChI is InChI=1S/C14H28N2O3/c1-6-19-13(17)8-10-16(5)12(4)14(18)15-9-7-11(2)3/h11-12H,6-10H2,1-5H3,(H,15,18). The maximum Gasteiger partial charge on any atom is 0.307 e. The number of nitrogens with one attached hydrogen (secondary N) is 1. The molecule has 19 heavy (non-hydrogen) atoms. The van der Waals surface area contributed by atoms with Crippen molar-refractivity contribution in [3.63, 3.8) is 0 Å². The minimum Gasteiger partial charge on any atom is -0.466 e. The quantitative estimate of drug-likeness (QED) is 0.645. The molecule has 0 aliphatic carbocycles. The minimum atomic E-state index is -0.235. The van der Waals surface area contributed by atoms with E-state index in [1.165, 1.54) is 0 Å². The molecule has 0 aromatic carbocycles. The van der Waals surface area contributed by atoms with Crippen molar-refractivity contribution in [1.29, 1.82) is 0 Å². The number of hydrogen-bond acceptors (Lipinski definition) is 4. The third-order valence-corrected chi connectivity index (χ3v) is 3.04. The number of ether oxygens (including phenoxy) is 1. The Morgan fingerprint density at radius 3 is 2.42 bits per heavy atom. The summed E-state index contributed by atoms with van der Waals surface area (Å²) in [5, 5.41) is 2.91. The monoisotopic (exact) mass is 272 g/mol. The SMILES string of the molecule is CCOC(=O)CCN(C)C(C)C(=O)NCCC(C)C. The van der Waals surface area contributed by atoms with Crippen molar-refractivity contribution in [2.45, 2.75) is 46.6 Å². The molecular formula is C14H28N2O3. The highest BCUT2D eigenvalue weighted by Crippen LogP contribution is 2.00. The maximum absolute atomic E-state index is 11.9. The molecule has 112 valence electrons. The molecule has 1 unspecified atom stereocenters. The van der Waals surface area contributed by atoms with Gasteiger partial charge in [-0.2, -0.15) is 0 Å². The Balaban J connectivity index is 3.93. The molecule has 0 aliphatic rings. The van der Waals surface area contributed by atoms with E-state index >= 15 is 0 Å². The fourth-order valence-corrected chi connectivity index (χ4v) is 1.53. The zero-order chi connectivity index (χ0) is 14.8. The lowest BCUT2D eigenvalue weighted by atomic mass is 10.1. The summed E-state index contributed by atoms with van der Waals surface area (Å²) in [4.78, 5) is 25.0. The zero-order valence-electron chi connectivity index (χ0n) is 12.9. The fraction of sp³-hybridized carbons (Fsp3) is 0.857. The normalized spacial score (nSPS) is 12.6. The first-order valence-corrected chi connectivity index (χ1v) is 7.02. The van der Waals surface area contributed by atoms with Gasteiger partial charge in [-0.15, -0.1) is 0 Å². The van der Waals surface area contributed by atoms with Gasteiger partial charge in [0.15, 0.2) is 0 Å². The van der Waals surface area contributed by atoms with Gasteiger partial charge in [-0.25, -0.2) is 0 Å². The average molecular weight is 272 g/mol. The van der Waals surface area contributed by atoms with E-state index in [1.54, 1.807) is 6.92 Å². The van der Waals surface area contributed by atoms with Crippen LogP contribution in [0.1, 0.15) is 40.5 Å². The Bertz CT molecular complexity index is 280. The van der Waals surface area contributed by atoms with E-state index in [1.807, 2.05) is 18.9 Å². The Morgan fingerprint density at radius 1 is 1.26 bits per heavy atom. The Labute approximate surface area is 116 Å². The van der Waals surface area contributed by atoms with Gasteiger partial charge in [0.1, 0.15) is 0 Å². The lowest BCUT2D eigenvalue weighted by Crippen LogP contribution is -2.44. The highest BCUT2D eigenvalue weighted by Gasteiger charge is 2.18. The number of likely N-dealkylation sites (N-methyl/N-ethyl adjacent to an activating group) is 1. The summed E-state index contributed by atoms with van der Waals surface area (Å²) in [6.45, 7) is 9.50. The van der Waals surface area contributed by atoms with E-state index in [0.717, 1.165) is 6.42 Å². The largest absolute Gasteiger partial charge is 0.466 e. The van der Waals surface area contributed by atoms with Crippen LogP contribution >= 0.6 is 0 Å². The number of esters is 1. The molecule has 0 heterocycles. The molecule has 0 bridgehead atoms. The van der Waals surface area contributed by atoms with Crippen molar-refractivity contribution < 1.29 is 14.3 Å². The van der Waals surface area contributed by atoms with E-state index in [9.17, 15) is 9.59 Å². The predicted octanol–water partition coefficient (Wildman–Crippen LogP) is 1.42. The first-order valence-electron chi connectivity index (χ1n) is 7.02. The first kappa shape index (κ1) is 17.9. The molecule has 0 aromatic heterocycles. The molecule has 0 fully saturated rings. The molecule has 1 amide bonds. The van der Waals surface area contributed by atoms with Crippen LogP contribution in [0.15, 0.2) is 0 Å². The van der Waals surface area contributed by atoms with E-state index in [-0.39, 0.29) is 17.9 Å². The lowest BCUT2D eigenvalue weighted by Gasteiger charge is -2.23. The smallest absolute Gasteiger partial charge is 0.307 e. The summed E-state index contributed by atoms with van der Waals surface area (Å²) in [5.74, 6) is 0.367. The number of carbonyl (C=O) groups excluding carboxylic acids is 2. The highest BCUT2D eigenvalue weighted by molar-refractivity contribution is 5.81. The van der Waals surface area contributed by atoms with E-state index < -0.39 is 0 Å². The van der Waals surface area contributed by atoms with Crippen molar-refractivity contribution in [2.24, 2.45) is 5.92 Å². The van der Waals surface area contributed by atoms with Gasteiger partial charge in [0.25, 0.3) is 0 Å². The predicted molar refractivity (Wildman–Crippen MR) is 75.8 cm³/mol. The van der Waals surface area contributed by atoms with Gasteiger partial charge in [-0.3, -0.25) is 14.5 Å². The van der Waals surface area contributed by atoms with Gasteiger partial charge in [0, 0.05) is 13.1 Å². The van der Waals surface area contributed by atoms with Crippen molar-refractivity contribution >= 4 is 11.9 Å². The Morgan fingerprint density at radius 2 is 1.89 bits per heavy atom. The number of rotatable bonds is 9. The molecule has 0 saturated heterocycles. The van der Waals surface area contributed by atoms with E-state index in [2.05, 4.69) is 19.2 Å². The molecule has 0 aromatic rings. The molecule has 1 N–H and O–H groups in total. The number of carbonyl (C=O) groups is 2. The first-order chi connectivity index (χ1) is 8.88. The fourth-order valence-electron chi connectivity index (χ4n) is 1.53. The lowest BCUT2D eigenvalue weighted by molar-refractivity contribution is -0.144. The zero-order valence-corrected chi connectivity index (χ0v) is 12.9. The van der Waals surface area contributed by atoms with Gasteiger partial charge in [0.2, 0.25) is 5.91 Å². The molecule has 5 nitrogen and oxygen atoms in total. The van der Waals surface area contributed by atoms with Crippen LogP contribution in [0.4, 0.5) is 0 Å². The summed E-state index contributed by atoms with van der Waals surface area (Å²) in [6.07, 6.45) is 1.29. The second-order valence-electron chi connectivity index (χ2n) is 5.19. The van der Waals surface area contributed by atoms with Gasteiger partial charge >= 0.3 is 5.97 Å². The van der Waals surface area contributed by atoms with Crippen molar-refractivity contribution in [2.75, 3.05) is 26.7 Å². The highest BCUT2D eigenvalue weighted by atomic mass is 16.5. The van der Waals surface area contributed by atoms with E-state index in [4.69, 9.17) is 4.74 Å². The van der Waals surface area contributed by atoms with Gasteiger partial charge < -0.3 is 10.1 Å². The van der Waals surface area contributed by atoms with Crippen LogP contribution in [0.2, 0.25) is 0 Å². The second kappa shape index (κ2) is 9.78. The van der Waals surface area contributed by atoms with Crippen LogP contribution in [0, 0.1) is 5.92 Å². The third-order valence-electron chi connectivity index (χ3n) is 3.04. The van der Waals surface area contributed by atoms with Crippen LogP contribution in [0.5, 0.6) is 0 Å². The summed E-state index contributed by atoms with van der Waals surface area (Å²) >= 11 is 0. The summed E-state index contributed by atoms with van der Waals surface area (Å²) in [6, 6.07) is -0.235. The van der Waals surface area contributed by atoms with Gasteiger partial charge in [-0.05, 0) is 33.2 Å². The number of amides is 1. The molecule has 5 heteroatoms. The topological polar surface area (TPSA) is 58.6 Å². The molecular weight excluding hydrogens is 244 g/mol. The van der Waals surface area contributed by atoms with Crippen LogP contribution in [-0.4, -0.2) is 49.6 Å². The van der Waals surface area contributed by atoms with Crippen molar-refractivity contribution in [3.8, 4) is 0 Å². The molecule has 0 aliphatic heterocycles. The summed E-state index contributed by atoms with van der Waals surface area (Å²) in [5.41, 5.74) is 0. The van der Waals surface area contributed by atoms with Crippen LogP contribution in [0.3, 0.4) is 0 Å². The van der Waals surface area contributed by atoms with E-state index in [0.29, 0.717) is 32.0 Å². The number of hydrogen-bond donors (Lipinski definition) is 1. The Hall–Kier alpha value is -1.10. The minimum absolute atomic E-state index is 0.00649. The van der Waals surface area contributed by atoms with Crippen molar-refractivity contribution in [1.82, 2.24) is 10.2 Å². The molecule has 0 radical (unpaired) electrons. The number of nitrogens with zero attached hydrogens (tertiary/aromatic N) is 1. The maximum atomic E-state index is 11.9. The van der Waals surface area contributed by atoms with Gasteiger partial charge in [0.05, 0.1) is 19.1 Å². The second-order valence-corrected chi connectivity index (χ2v) is 5.19. The van der Waals surface area contributed by atoms with Crippen molar-refractivity contribution in [3.05, 3.63) is 0 Å². The summed E-state index contributed by atoms with van der Waals surface area (Å²) in [7, 11) is 1.84. The van der Waals surface area contributed by atoms with Crippen LogP contribution in [-0.2, 0) is 14.3 Å². The molecule has 0 rings (SSSR count). The molecule has 0 spiro atoms.